The molecule has 1 aliphatic heterocycles. The number of aromatic carboxylic acids is 1. The molecule has 1 saturated carbocycles. The number of hydrogen-bond donors (Lipinski definition) is 2. The summed E-state index contributed by atoms with van der Waals surface area (Å²) in [5.74, 6) is -0.619. The van der Waals surface area contributed by atoms with Crippen LogP contribution in [0.4, 0.5) is 8.78 Å². The molecule has 0 radical (unpaired) electrons. The number of benzene rings is 2. The Morgan fingerprint density at radius 3 is 2.62 bits per heavy atom. The third-order valence-corrected chi connectivity index (χ3v) is 7.98. The summed E-state index contributed by atoms with van der Waals surface area (Å²) in [7, 11) is 1.68. The minimum atomic E-state index is -2.25. The van der Waals surface area contributed by atoms with Crippen LogP contribution in [0.2, 0.25) is 0 Å². The van der Waals surface area contributed by atoms with E-state index in [1.54, 1.807) is 19.2 Å². The van der Waals surface area contributed by atoms with Crippen molar-refractivity contribution < 1.29 is 23.4 Å². The van der Waals surface area contributed by atoms with Gasteiger partial charge in [-0.05, 0) is 80.0 Å². The number of carboxylic acids is 1. The minimum absolute atomic E-state index is 0.0234. The van der Waals surface area contributed by atoms with Gasteiger partial charge < -0.3 is 14.8 Å². The molecule has 1 aliphatic carbocycles. The number of piperidine rings is 1. The van der Waals surface area contributed by atoms with Crippen LogP contribution in [0.1, 0.15) is 58.8 Å². The Bertz CT molecular complexity index is 1200. The van der Waals surface area contributed by atoms with E-state index in [9.17, 15) is 18.7 Å². The van der Waals surface area contributed by atoms with Crippen LogP contribution in [0.3, 0.4) is 0 Å². The highest BCUT2D eigenvalue weighted by Crippen LogP contribution is 2.58. The van der Waals surface area contributed by atoms with Gasteiger partial charge >= 0.3 is 5.97 Å². The van der Waals surface area contributed by atoms with E-state index in [4.69, 9.17) is 4.74 Å². The van der Waals surface area contributed by atoms with Crippen molar-refractivity contribution in [3.63, 3.8) is 0 Å². The Labute approximate surface area is 197 Å². The molecule has 180 valence electrons. The fraction of sp³-hybridized carbons (Fsp3) is 0.444. The Morgan fingerprint density at radius 1 is 1.24 bits per heavy atom. The number of halogens is 2. The minimum Gasteiger partial charge on any atom is -0.496 e. The van der Waals surface area contributed by atoms with Crippen LogP contribution < -0.4 is 4.74 Å². The molecule has 5 nitrogen and oxygen atoms in total. The van der Waals surface area contributed by atoms with Gasteiger partial charge in [-0.2, -0.15) is 0 Å². The Hall–Kier alpha value is -2.93. The van der Waals surface area contributed by atoms with Crippen LogP contribution >= 0.6 is 0 Å². The second-order valence-electron chi connectivity index (χ2n) is 10.0. The number of likely N-dealkylation sites (tertiary alicyclic amines) is 1. The Balaban J connectivity index is 1.48. The van der Waals surface area contributed by atoms with Crippen molar-refractivity contribution in [2.24, 2.45) is 11.3 Å². The SMILES string of the molecule is COc1cc(C)c2[nH]ccc2c1CN1CCC2(CC(C(F)F)C2)C[C@@H]1c1ccc(C(=O)O)cc1. The molecule has 3 aromatic rings. The lowest BCUT2D eigenvalue weighted by Gasteiger charge is -2.55. The summed E-state index contributed by atoms with van der Waals surface area (Å²) >= 11 is 0. The van der Waals surface area contributed by atoms with Gasteiger partial charge in [0.25, 0.3) is 0 Å². The zero-order valence-corrected chi connectivity index (χ0v) is 19.5. The highest BCUT2D eigenvalue weighted by molar-refractivity contribution is 5.88. The molecular formula is C27H30F2N2O3. The maximum absolute atomic E-state index is 13.3. The molecule has 1 spiro atoms. The number of aryl methyl sites for hydroxylation is 1. The molecular weight excluding hydrogens is 438 g/mol. The number of ether oxygens (including phenoxy) is 1. The van der Waals surface area contributed by atoms with Gasteiger partial charge in [0.15, 0.2) is 0 Å². The number of nitrogens with one attached hydrogen (secondary N) is 1. The molecule has 7 heteroatoms. The average molecular weight is 469 g/mol. The van der Waals surface area contributed by atoms with E-state index < -0.39 is 18.3 Å². The van der Waals surface area contributed by atoms with Gasteiger partial charge in [0, 0.05) is 41.2 Å². The van der Waals surface area contributed by atoms with Gasteiger partial charge in [-0.1, -0.05) is 12.1 Å². The summed E-state index contributed by atoms with van der Waals surface area (Å²) in [4.78, 5) is 17.1. The van der Waals surface area contributed by atoms with Crippen LogP contribution in [0.15, 0.2) is 42.6 Å². The van der Waals surface area contributed by atoms with Crippen LogP contribution in [-0.2, 0) is 6.54 Å². The first-order valence-electron chi connectivity index (χ1n) is 11.8. The lowest BCUT2D eigenvalue weighted by atomic mass is 9.56. The summed E-state index contributed by atoms with van der Waals surface area (Å²) in [6.07, 6.45) is 2.51. The summed E-state index contributed by atoms with van der Waals surface area (Å²) in [5.41, 5.74) is 4.52. The van der Waals surface area contributed by atoms with Crippen molar-refractivity contribution in [3.8, 4) is 5.75 Å². The second kappa shape index (κ2) is 8.69. The molecule has 1 atom stereocenters. The number of alkyl halides is 2. The van der Waals surface area contributed by atoms with E-state index in [1.807, 2.05) is 18.3 Å². The number of rotatable bonds is 6. The topological polar surface area (TPSA) is 65.6 Å². The predicted octanol–water partition coefficient (Wildman–Crippen LogP) is 6.18. The summed E-state index contributed by atoms with van der Waals surface area (Å²) in [5, 5.41) is 10.4. The zero-order valence-electron chi connectivity index (χ0n) is 19.5. The normalized spacial score (nSPS) is 25.1. The number of aromatic amines is 1. The van der Waals surface area contributed by atoms with Crippen molar-refractivity contribution in [2.45, 2.75) is 51.6 Å². The number of aromatic nitrogens is 1. The van der Waals surface area contributed by atoms with E-state index in [2.05, 4.69) is 28.9 Å². The number of carbonyl (C=O) groups is 1. The van der Waals surface area contributed by atoms with E-state index >= 15 is 0 Å². The summed E-state index contributed by atoms with van der Waals surface area (Å²) < 4.78 is 32.3. The maximum Gasteiger partial charge on any atom is 0.335 e. The van der Waals surface area contributed by atoms with E-state index in [-0.39, 0.29) is 17.0 Å². The second-order valence-corrected chi connectivity index (χ2v) is 10.0. The van der Waals surface area contributed by atoms with E-state index in [0.717, 1.165) is 52.7 Å². The predicted molar refractivity (Wildman–Crippen MR) is 127 cm³/mol. The van der Waals surface area contributed by atoms with Crippen LogP contribution in [0.5, 0.6) is 5.75 Å². The molecule has 0 unspecified atom stereocenters. The van der Waals surface area contributed by atoms with Crippen molar-refractivity contribution in [1.82, 2.24) is 9.88 Å². The quantitative estimate of drug-likeness (QED) is 0.453. The fourth-order valence-electron chi connectivity index (χ4n) is 6.13. The van der Waals surface area contributed by atoms with Crippen molar-refractivity contribution in [2.75, 3.05) is 13.7 Å². The van der Waals surface area contributed by atoms with Gasteiger partial charge in [-0.15, -0.1) is 0 Å². The first-order chi connectivity index (χ1) is 16.3. The first-order valence-corrected chi connectivity index (χ1v) is 11.8. The number of carboxylic acid groups (broad SMARTS) is 1. The maximum atomic E-state index is 13.3. The third-order valence-electron chi connectivity index (χ3n) is 7.98. The Morgan fingerprint density at radius 2 is 1.97 bits per heavy atom. The monoisotopic (exact) mass is 468 g/mol. The lowest BCUT2D eigenvalue weighted by molar-refractivity contribution is -0.0968. The molecule has 2 aliphatic rings. The van der Waals surface area contributed by atoms with Crippen LogP contribution in [-0.4, -0.2) is 41.0 Å². The highest BCUT2D eigenvalue weighted by atomic mass is 19.3. The molecule has 1 aromatic heterocycles. The zero-order chi connectivity index (χ0) is 24.0. The Kier molecular flexibility index (Phi) is 5.84. The fourth-order valence-corrected chi connectivity index (χ4v) is 6.13. The molecule has 2 fully saturated rings. The number of H-pyrrole nitrogens is 1. The average Bonchev–Trinajstić information content (AvgIpc) is 3.30. The van der Waals surface area contributed by atoms with E-state index in [1.165, 1.54) is 0 Å². The highest BCUT2D eigenvalue weighted by Gasteiger charge is 2.51. The standard InChI is InChI=1S/C27H30F2N2O3/c1-16-11-23(34-2)21(20-7-9-30-24(16)20)15-31-10-8-27(12-19(13-27)25(28)29)14-22(31)17-3-5-18(6-4-17)26(32)33/h3-7,9,11,19,22,25,30H,8,10,12-15H2,1-2H3,(H,32,33)/t19?,22-,27?/m1/s1. The van der Waals surface area contributed by atoms with Crippen LogP contribution in [0.25, 0.3) is 10.9 Å². The van der Waals surface area contributed by atoms with E-state index in [0.29, 0.717) is 19.4 Å². The van der Waals surface area contributed by atoms with Crippen molar-refractivity contribution in [3.05, 3.63) is 64.8 Å². The molecule has 5 rings (SSSR count). The number of methoxy groups -OCH3 is 1. The van der Waals surface area contributed by atoms with Gasteiger partial charge in [-0.3, -0.25) is 4.90 Å². The number of fused-ring (bicyclic) bond motifs is 1. The lowest BCUT2D eigenvalue weighted by Crippen LogP contribution is -2.49. The smallest absolute Gasteiger partial charge is 0.335 e. The molecule has 0 amide bonds. The number of nitrogens with zero attached hydrogens (tertiary/aromatic N) is 1. The molecule has 0 bridgehead atoms. The van der Waals surface area contributed by atoms with Gasteiger partial charge in [0.05, 0.1) is 12.7 Å². The largest absolute Gasteiger partial charge is 0.496 e. The van der Waals surface area contributed by atoms with Crippen LogP contribution in [0, 0.1) is 18.3 Å². The molecule has 1 saturated heterocycles. The third kappa shape index (κ3) is 3.96. The molecule has 34 heavy (non-hydrogen) atoms. The molecule has 2 heterocycles. The molecule has 2 aromatic carbocycles. The van der Waals surface area contributed by atoms with Gasteiger partial charge in [-0.25, -0.2) is 13.6 Å². The van der Waals surface area contributed by atoms with Gasteiger partial charge in [0.1, 0.15) is 5.75 Å². The van der Waals surface area contributed by atoms with Crippen molar-refractivity contribution >= 4 is 16.9 Å². The summed E-state index contributed by atoms with van der Waals surface area (Å²) in [6.45, 7) is 3.51. The number of hydrogen-bond acceptors (Lipinski definition) is 3. The first kappa shape index (κ1) is 22.8. The summed E-state index contributed by atoms with van der Waals surface area (Å²) in [6, 6.07) is 11.2. The molecule has 2 N–H and O–H groups in total. The van der Waals surface area contributed by atoms with Gasteiger partial charge in [0.2, 0.25) is 6.43 Å². The van der Waals surface area contributed by atoms with Crippen molar-refractivity contribution in [1.29, 1.82) is 0 Å².